The van der Waals surface area contributed by atoms with Crippen LogP contribution in [0.25, 0.3) is 10.6 Å². The van der Waals surface area contributed by atoms with Gasteiger partial charge in [-0.3, -0.25) is 19.3 Å². The van der Waals surface area contributed by atoms with Crippen LogP contribution in [0.4, 0.5) is 0 Å². The topological polar surface area (TPSA) is 89.4 Å². The van der Waals surface area contributed by atoms with Crippen molar-refractivity contribution in [1.29, 1.82) is 0 Å². The Kier molecular flexibility index (Phi) is 5.97. The molecular weight excluding hydrogens is 390 g/mol. The van der Waals surface area contributed by atoms with E-state index in [2.05, 4.69) is 15.4 Å². The summed E-state index contributed by atoms with van der Waals surface area (Å²) in [5.74, 6) is -0.319. The normalized spacial score (nSPS) is 14.0. The minimum Gasteiger partial charge on any atom is -0.378 e. The summed E-state index contributed by atoms with van der Waals surface area (Å²) in [7, 11) is 0. The number of aromatic nitrogens is 3. The number of nitrogens with zero attached hydrogens (tertiary/aromatic N) is 4. The average molecular weight is 411 g/mol. The maximum absolute atomic E-state index is 12.8. The predicted octanol–water partition coefficient (Wildman–Crippen LogP) is 1.80. The third-order valence-electron chi connectivity index (χ3n) is 4.58. The van der Waals surface area contributed by atoms with Crippen LogP contribution in [0.2, 0.25) is 0 Å². The molecule has 0 aliphatic carbocycles. The lowest BCUT2D eigenvalue weighted by atomic mass is 10.2. The van der Waals surface area contributed by atoms with Gasteiger partial charge in [-0.1, -0.05) is 12.1 Å². The molecule has 8 nitrogen and oxygen atoms in total. The van der Waals surface area contributed by atoms with Gasteiger partial charge in [0.15, 0.2) is 5.69 Å². The lowest BCUT2D eigenvalue weighted by Gasteiger charge is -2.25. The molecule has 0 bridgehead atoms. The Bertz CT molecular complexity index is 965. The highest BCUT2D eigenvalue weighted by Crippen LogP contribution is 2.26. The molecule has 9 heteroatoms. The second-order valence-corrected chi connectivity index (χ2v) is 7.54. The first-order chi connectivity index (χ1) is 14.2. The summed E-state index contributed by atoms with van der Waals surface area (Å²) in [5, 5.41) is 9.28. The molecule has 0 saturated carbocycles. The van der Waals surface area contributed by atoms with Crippen molar-refractivity contribution in [3.05, 3.63) is 59.4 Å². The molecule has 3 aromatic heterocycles. The van der Waals surface area contributed by atoms with Gasteiger partial charge in [-0.15, -0.1) is 11.3 Å². The average Bonchev–Trinajstić information content (AvgIpc) is 3.43. The lowest BCUT2D eigenvalue weighted by molar-refractivity contribution is -0.122. The molecule has 150 valence electrons. The molecule has 1 aliphatic rings. The minimum atomic E-state index is -0.180. The van der Waals surface area contributed by atoms with Gasteiger partial charge < -0.3 is 15.0 Å². The van der Waals surface area contributed by atoms with Crippen LogP contribution in [0.3, 0.4) is 0 Å². The van der Waals surface area contributed by atoms with Crippen molar-refractivity contribution < 1.29 is 14.3 Å². The number of rotatable bonds is 6. The SMILES string of the molecule is O=C(Cn1nc(C(=O)N2CCOCC2)cc1-c1cccs1)NCc1cccnc1. The van der Waals surface area contributed by atoms with Crippen LogP contribution in [-0.4, -0.2) is 57.8 Å². The highest BCUT2D eigenvalue weighted by atomic mass is 32.1. The highest BCUT2D eigenvalue weighted by Gasteiger charge is 2.23. The molecule has 0 radical (unpaired) electrons. The zero-order valence-electron chi connectivity index (χ0n) is 15.8. The molecule has 1 saturated heterocycles. The lowest BCUT2D eigenvalue weighted by Crippen LogP contribution is -2.40. The van der Waals surface area contributed by atoms with Gasteiger partial charge in [-0.25, -0.2) is 0 Å². The smallest absolute Gasteiger partial charge is 0.274 e. The van der Waals surface area contributed by atoms with Gasteiger partial charge in [-0.05, 0) is 29.1 Å². The van der Waals surface area contributed by atoms with Gasteiger partial charge in [0, 0.05) is 32.0 Å². The highest BCUT2D eigenvalue weighted by molar-refractivity contribution is 7.13. The van der Waals surface area contributed by atoms with Gasteiger partial charge in [0.2, 0.25) is 5.91 Å². The van der Waals surface area contributed by atoms with Crippen LogP contribution in [0.15, 0.2) is 48.1 Å². The fourth-order valence-corrected chi connectivity index (χ4v) is 3.83. The summed E-state index contributed by atoms with van der Waals surface area (Å²) in [6.45, 7) is 2.57. The van der Waals surface area contributed by atoms with E-state index < -0.39 is 0 Å². The molecule has 1 N–H and O–H groups in total. The fourth-order valence-electron chi connectivity index (χ4n) is 3.09. The number of ether oxygens (including phenoxy) is 1. The van der Waals surface area contributed by atoms with E-state index in [1.807, 2.05) is 29.6 Å². The second-order valence-electron chi connectivity index (χ2n) is 6.59. The summed E-state index contributed by atoms with van der Waals surface area (Å²) >= 11 is 1.54. The number of hydrogen-bond acceptors (Lipinski definition) is 6. The first kappa shape index (κ1) is 19.3. The van der Waals surface area contributed by atoms with Crippen molar-refractivity contribution in [3.8, 4) is 10.6 Å². The Morgan fingerprint density at radius 1 is 1.21 bits per heavy atom. The van der Waals surface area contributed by atoms with E-state index in [4.69, 9.17) is 4.74 Å². The monoisotopic (exact) mass is 411 g/mol. The van der Waals surface area contributed by atoms with E-state index in [9.17, 15) is 9.59 Å². The quantitative estimate of drug-likeness (QED) is 0.668. The largest absolute Gasteiger partial charge is 0.378 e. The van der Waals surface area contributed by atoms with Crippen molar-refractivity contribution in [3.63, 3.8) is 0 Å². The zero-order chi connectivity index (χ0) is 20.1. The number of carbonyl (C=O) groups excluding carboxylic acids is 2. The van der Waals surface area contributed by atoms with Crippen LogP contribution >= 0.6 is 11.3 Å². The summed E-state index contributed by atoms with van der Waals surface area (Å²) in [5.41, 5.74) is 2.02. The van der Waals surface area contributed by atoms with E-state index in [1.54, 1.807) is 39.4 Å². The maximum Gasteiger partial charge on any atom is 0.274 e. The predicted molar refractivity (Wildman–Crippen MR) is 108 cm³/mol. The Hall–Kier alpha value is -3.04. The zero-order valence-corrected chi connectivity index (χ0v) is 16.6. The van der Waals surface area contributed by atoms with Gasteiger partial charge >= 0.3 is 0 Å². The van der Waals surface area contributed by atoms with Gasteiger partial charge in [0.25, 0.3) is 5.91 Å². The fraction of sp³-hybridized carbons (Fsp3) is 0.300. The van der Waals surface area contributed by atoms with Gasteiger partial charge in [-0.2, -0.15) is 5.10 Å². The number of amides is 2. The molecule has 0 aromatic carbocycles. The van der Waals surface area contributed by atoms with E-state index in [0.29, 0.717) is 38.5 Å². The van der Waals surface area contributed by atoms with Crippen molar-refractivity contribution in [2.75, 3.05) is 26.3 Å². The number of morpholine rings is 1. The Balaban J connectivity index is 1.50. The van der Waals surface area contributed by atoms with E-state index in [1.165, 1.54) is 0 Å². The molecule has 29 heavy (non-hydrogen) atoms. The van der Waals surface area contributed by atoms with Crippen molar-refractivity contribution in [2.45, 2.75) is 13.1 Å². The van der Waals surface area contributed by atoms with E-state index in [-0.39, 0.29) is 18.4 Å². The number of hydrogen-bond donors (Lipinski definition) is 1. The van der Waals surface area contributed by atoms with Gasteiger partial charge in [0.1, 0.15) is 6.54 Å². The molecule has 2 amide bonds. The summed E-state index contributed by atoms with van der Waals surface area (Å²) < 4.78 is 6.91. The van der Waals surface area contributed by atoms with Crippen LogP contribution < -0.4 is 5.32 Å². The first-order valence-electron chi connectivity index (χ1n) is 9.35. The van der Waals surface area contributed by atoms with Crippen LogP contribution in [-0.2, 0) is 22.6 Å². The molecule has 0 spiro atoms. The molecule has 1 fully saturated rings. The number of thiophene rings is 1. The van der Waals surface area contributed by atoms with Crippen LogP contribution in [0, 0.1) is 0 Å². The Labute approximate surface area is 172 Å². The first-order valence-corrected chi connectivity index (χ1v) is 10.2. The molecule has 0 unspecified atom stereocenters. The third-order valence-corrected chi connectivity index (χ3v) is 5.47. The molecule has 4 heterocycles. The van der Waals surface area contributed by atoms with Gasteiger partial charge in [0.05, 0.1) is 23.8 Å². The maximum atomic E-state index is 12.8. The van der Waals surface area contributed by atoms with Crippen molar-refractivity contribution in [1.82, 2.24) is 25.0 Å². The number of pyridine rings is 1. The van der Waals surface area contributed by atoms with Crippen molar-refractivity contribution in [2.24, 2.45) is 0 Å². The number of carbonyl (C=O) groups is 2. The summed E-state index contributed by atoms with van der Waals surface area (Å²) in [6.07, 6.45) is 3.40. The molecular formula is C20H21N5O3S. The molecule has 1 aliphatic heterocycles. The third kappa shape index (κ3) is 4.69. The van der Waals surface area contributed by atoms with Crippen LogP contribution in [0.5, 0.6) is 0 Å². The summed E-state index contributed by atoms with van der Waals surface area (Å²) in [6, 6.07) is 9.38. The minimum absolute atomic E-state index is 0.0316. The van der Waals surface area contributed by atoms with E-state index >= 15 is 0 Å². The Morgan fingerprint density at radius 3 is 2.79 bits per heavy atom. The molecule has 3 aromatic rings. The van der Waals surface area contributed by atoms with Crippen molar-refractivity contribution >= 4 is 23.2 Å². The molecule has 4 rings (SSSR count). The molecule has 0 atom stereocenters. The standard InChI is InChI=1S/C20H21N5O3S/c26-19(22-13-15-3-1-5-21-12-15)14-25-17(18-4-2-10-29-18)11-16(23-25)20(27)24-6-8-28-9-7-24/h1-5,10-12H,6-9,13-14H2,(H,22,26). The Morgan fingerprint density at radius 2 is 2.07 bits per heavy atom. The second kappa shape index (κ2) is 8.97. The van der Waals surface area contributed by atoms with Crippen LogP contribution in [0.1, 0.15) is 16.1 Å². The number of nitrogens with one attached hydrogen (secondary N) is 1. The summed E-state index contributed by atoms with van der Waals surface area (Å²) in [4.78, 5) is 32.0. The van der Waals surface area contributed by atoms with E-state index in [0.717, 1.165) is 16.1 Å².